The van der Waals surface area contributed by atoms with Gasteiger partial charge in [-0.15, -0.1) is 0 Å². The van der Waals surface area contributed by atoms with Crippen LogP contribution in [0.5, 0.6) is 0 Å². The molecule has 4 nitrogen and oxygen atoms in total. The second-order valence-electron chi connectivity index (χ2n) is 5.96. The van der Waals surface area contributed by atoms with E-state index in [1.54, 1.807) is 0 Å². The molecule has 1 saturated carbocycles. The van der Waals surface area contributed by atoms with Crippen LogP contribution in [0.3, 0.4) is 0 Å². The van der Waals surface area contributed by atoms with E-state index in [1.807, 2.05) is 0 Å². The first-order chi connectivity index (χ1) is 8.22. The molecule has 2 heterocycles. The zero-order chi connectivity index (χ0) is 11.8. The molecular weight excluding hydrogens is 214 g/mol. The summed E-state index contributed by atoms with van der Waals surface area (Å²) in [5, 5.41) is 6.18. The molecule has 2 unspecified atom stereocenters. The number of amides is 2. The van der Waals surface area contributed by atoms with Crippen LogP contribution in [0.2, 0.25) is 0 Å². The van der Waals surface area contributed by atoms with Gasteiger partial charge in [0.15, 0.2) is 0 Å². The Hall–Kier alpha value is -0.770. The topological polar surface area (TPSA) is 44.4 Å². The Kier molecular flexibility index (Phi) is 2.99. The first-order valence-electron chi connectivity index (χ1n) is 7.01. The monoisotopic (exact) mass is 237 g/mol. The molecule has 3 aliphatic rings. The van der Waals surface area contributed by atoms with Crippen LogP contribution in [0.4, 0.5) is 4.79 Å². The third-order valence-electron chi connectivity index (χ3n) is 4.59. The van der Waals surface area contributed by atoms with E-state index in [2.05, 4.69) is 22.6 Å². The Balaban J connectivity index is 1.52. The Morgan fingerprint density at radius 1 is 1.00 bits per heavy atom. The third-order valence-corrected chi connectivity index (χ3v) is 4.59. The average Bonchev–Trinajstić information content (AvgIpc) is 3.03. The smallest absolute Gasteiger partial charge is 0.315 e. The zero-order valence-electron chi connectivity index (χ0n) is 10.6. The Bertz CT molecular complexity index is 289. The molecule has 0 aromatic carbocycles. The molecule has 3 fully saturated rings. The summed E-state index contributed by atoms with van der Waals surface area (Å²) < 4.78 is 0. The Morgan fingerprint density at radius 3 is 2.18 bits per heavy atom. The number of piperidine rings is 2. The first kappa shape index (κ1) is 11.3. The maximum absolute atomic E-state index is 11.7. The highest BCUT2D eigenvalue weighted by Gasteiger charge is 2.36. The van der Waals surface area contributed by atoms with E-state index in [4.69, 9.17) is 0 Å². The number of hydrogen-bond donors (Lipinski definition) is 2. The van der Waals surface area contributed by atoms with Crippen molar-refractivity contribution in [3.8, 4) is 0 Å². The van der Waals surface area contributed by atoms with Crippen LogP contribution in [0, 0.1) is 0 Å². The minimum Gasteiger partial charge on any atom is -0.335 e. The number of carbonyl (C=O) groups excluding carboxylic acids is 1. The summed E-state index contributed by atoms with van der Waals surface area (Å²) in [6, 6.07) is 2.28. The molecule has 2 saturated heterocycles. The van der Waals surface area contributed by atoms with Gasteiger partial charge in [0.1, 0.15) is 0 Å². The zero-order valence-corrected chi connectivity index (χ0v) is 10.6. The van der Waals surface area contributed by atoms with Crippen molar-refractivity contribution in [2.45, 2.75) is 69.1 Å². The van der Waals surface area contributed by atoms with Crippen molar-refractivity contribution in [3.63, 3.8) is 0 Å². The molecule has 3 rings (SSSR count). The standard InChI is InChI=1S/C13H23N3O/c1-16-11-3-2-4-12(16)8-10(7-11)15-13(17)14-9-5-6-9/h9-12H,2-8H2,1H3,(H2,14,15,17). The van der Waals surface area contributed by atoms with E-state index in [-0.39, 0.29) is 6.03 Å². The number of hydrogen-bond acceptors (Lipinski definition) is 2. The molecule has 2 N–H and O–H groups in total. The second kappa shape index (κ2) is 4.48. The maximum Gasteiger partial charge on any atom is 0.315 e. The first-order valence-corrected chi connectivity index (χ1v) is 7.01. The van der Waals surface area contributed by atoms with Crippen molar-refractivity contribution in [2.24, 2.45) is 0 Å². The van der Waals surface area contributed by atoms with Gasteiger partial charge in [-0.1, -0.05) is 6.42 Å². The maximum atomic E-state index is 11.7. The van der Waals surface area contributed by atoms with Crippen molar-refractivity contribution in [1.82, 2.24) is 15.5 Å². The van der Waals surface area contributed by atoms with Gasteiger partial charge in [0.05, 0.1) is 0 Å². The second-order valence-corrected chi connectivity index (χ2v) is 5.96. The summed E-state index contributed by atoms with van der Waals surface area (Å²) in [6.07, 6.45) is 8.54. The van der Waals surface area contributed by atoms with Gasteiger partial charge in [-0.2, -0.15) is 0 Å². The molecule has 96 valence electrons. The summed E-state index contributed by atoms with van der Waals surface area (Å²) in [5.74, 6) is 0. The van der Waals surface area contributed by atoms with Gasteiger partial charge in [-0.05, 0) is 45.6 Å². The van der Waals surface area contributed by atoms with E-state index in [0.717, 1.165) is 25.7 Å². The van der Waals surface area contributed by atoms with E-state index < -0.39 is 0 Å². The molecular formula is C13H23N3O. The van der Waals surface area contributed by atoms with Crippen molar-refractivity contribution in [3.05, 3.63) is 0 Å². The van der Waals surface area contributed by atoms with E-state index in [1.165, 1.54) is 19.3 Å². The number of fused-ring (bicyclic) bond motifs is 2. The van der Waals surface area contributed by atoms with Crippen LogP contribution in [-0.2, 0) is 0 Å². The van der Waals surface area contributed by atoms with Gasteiger partial charge in [0.2, 0.25) is 0 Å². The quantitative estimate of drug-likeness (QED) is 0.764. The van der Waals surface area contributed by atoms with Crippen LogP contribution in [0.1, 0.15) is 44.9 Å². The van der Waals surface area contributed by atoms with Gasteiger partial charge >= 0.3 is 6.03 Å². The normalized spacial score (nSPS) is 37.6. The molecule has 0 radical (unpaired) electrons. The van der Waals surface area contributed by atoms with Crippen LogP contribution >= 0.6 is 0 Å². The fourth-order valence-corrected chi connectivity index (χ4v) is 3.37. The number of nitrogens with zero attached hydrogens (tertiary/aromatic N) is 1. The summed E-state index contributed by atoms with van der Waals surface area (Å²) >= 11 is 0. The molecule has 17 heavy (non-hydrogen) atoms. The molecule has 0 aromatic rings. The van der Waals surface area contributed by atoms with Crippen molar-refractivity contribution in [1.29, 1.82) is 0 Å². The van der Waals surface area contributed by atoms with Gasteiger partial charge < -0.3 is 15.5 Å². The van der Waals surface area contributed by atoms with Crippen LogP contribution in [-0.4, -0.2) is 42.1 Å². The van der Waals surface area contributed by atoms with Crippen molar-refractivity contribution in [2.75, 3.05) is 7.05 Å². The number of rotatable bonds is 2. The number of carbonyl (C=O) groups is 1. The van der Waals surface area contributed by atoms with Crippen molar-refractivity contribution < 1.29 is 4.79 Å². The summed E-state index contributed by atoms with van der Waals surface area (Å²) in [5.41, 5.74) is 0. The van der Waals surface area contributed by atoms with Gasteiger partial charge in [-0.25, -0.2) is 4.79 Å². The van der Waals surface area contributed by atoms with Crippen LogP contribution in [0.25, 0.3) is 0 Å². The molecule has 1 aliphatic carbocycles. The highest BCUT2D eigenvalue weighted by molar-refractivity contribution is 5.74. The lowest BCUT2D eigenvalue weighted by Gasteiger charge is -2.47. The lowest BCUT2D eigenvalue weighted by Crippen LogP contribution is -2.56. The lowest BCUT2D eigenvalue weighted by molar-refractivity contribution is 0.0509. The summed E-state index contributed by atoms with van der Waals surface area (Å²) in [4.78, 5) is 14.3. The van der Waals surface area contributed by atoms with Crippen molar-refractivity contribution >= 4 is 6.03 Å². The van der Waals surface area contributed by atoms with E-state index >= 15 is 0 Å². The third kappa shape index (κ3) is 2.57. The largest absolute Gasteiger partial charge is 0.335 e. The SMILES string of the molecule is CN1C2CCCC1CC(NC(=O)NC1CC1)C2. The van der Waals surface area contributed by atoms with E-state index in [0.29, 0.717) is 24.2 Å². The van der Waals surface area contributed by atoms with Gasteiger partial charge in [-0.3, -0.25) is 0 Å². The summed E-state index contributed by atoms with van der Waals surface area (Å²) in [6.45, 7) is 0. The van der Waals surface area contributed by atoms with Gasteiger partial charge in [0.25, 0.3) is 0 Å². The fraction of sp³-hybridized carbons (Fsp3) is 0.923. The molecule has 2 bridgehead atoms. The predicted octanol–water partition coefficient (Wildman–Crippen LogP) is 1.46. The summed E-state index contributed by atoms with van der Waals surface area (Å²) in [7, 11) is 2.25. The average molecular weight is 237 g/mol. The van der Waals surface area contributed by atoms with Gasteiger partial charge in [0, 0.05) is 24.2 Å². The molecule has 2 atom stereocenters. The molecule has 4 heteroatoms. The highest BCUT2D eigenvalue weighted by atomic mass is 16.2. The molecule has 2 aliphatic heterocycles. The molecule has 0 spiro atoms. The minimum absolute atomic E-state index is 0.0557. The number of urea groups is 1. The fourth-order valence-electron chi connectivity index (χ4n) is 3.37. The highest BCUT2D eigenvalue weighted by Crippen LogP contribution is 2.32. The lowest BCUT2D eigenvalue weighted by atomic mass is 9.82. The minimum atomic E-state index is 0.0557. The molecule has 2 amide bonds. The van der Waals surface area contributed by atoms with Crippen LogP contribution in [0.15, 0.2) is 0 Å². The molecule has 0 aromatic heterocycles. The van der Waals surface area contributed by atoms with Crippen LogP contribution < -0.4 is 10.6 Å². The Morgan fingerprint density at radius 2 is 1.59 bits per heavy atom. The van der Waals surface area contributed by atoms with E-state index in [9.17, 15) is 4.79 Å². The predicted molar refractivity (Wildman–Crippen MR) is 66.9 cm³/mol. The number of nitrogens with one attached hydrogen (secondary N) is 2. The Labute approximate surface area is 103 Å².